The molecule has 0 radical (unpaired) electrons. The fraction of sp³-hybridized carbons (Fsp3) is 0.909. The molecule has 0 aliphatic carbocycles. The molecular formula is C11H21NO3. The second kappa shape index (κ2) is 4.84. The predicted octanol–water partition coefficient (Wildman–Crippen LogP) is 2.03. The van der Waals surface area contributed by atoms with Gasteiger partial charge in [-0.25, -0.2) is 4.79 Å². The molecule has 0 bridgehead atoms. The lowest BCUT2D eigenvalue weighted by molar-refractivity contribution is -0.0397. The van der Waals surface area contributed by atoms with Gasteiger partial charge in [0.1, 0.15) is 11.7 Å². The average Bonchev–Trinajstić information content (AvgIpc) is 1.99. The van der Waals surface area contributed by atoms with E-state index >= 15 is 0 Å². The predicted molar refractivity (Wildman–Crippen MR) is 57.8 cm³/mol. The SMILES string of the molecule is CN1CCCC(OC(=O)OC(C)(C)C)C1. The number of carbonyl (C=O) groups excluding carboxylic acids is 1. The molecule has 0 aromatic rings. The smallest absolute Gasteiger partial charge is 0.430 e. The first-order valence-electron chi connectivity index (χ1n) is 5.45. The number of piperidine rings is 1. The van der Waals surface area contributed by atoms with Crippen molar-refractivity contribution in [3.63, 3.8) is 0 Å². The van der Waals surface area contributed by atoms with Gasteiger partial charge < -0.3 is 14.4 Å². The molecular weight excluding hydrogens is 194 g/mol. The van der Waals surface area contributed by atoms with E-state index < -0.39 is 11.8 Å². The largest absolute Gasteiger partial charge is 0.509 e. The first-order chi connectivity index (χ1) is 6.87. The van der Waals surface area contributed by atoms with Crippen molar-refractivity contribution >= 4 is 6.16 Å². The van der Waals surface area contributed by atoms with Crippen molar-refractivity contribution < 1.29 is 14.3 Å². The van der Waals surface area contributed by atoms with Crippen LogP contribution in [0.1, 0.15) is 33.6 Å². The van der Waals surface area contributed by atoms with Gasteiger partial charge in [0.05, 0.1) is 0 Å². The Labute approximate surface area is 91.5 Å². The molecule has 1 aliphatic rings. The number of likely N-dealkylation sites (tertiary alicyclic amines) is 1. The minimum Gasteiger partial charge on any atom is -0.430 e. The molecule has 0 aromatic carbocycles. The monoisotopic (exact) mass is 215 g/mol. The molecule has 0 N–H and O–H groups in total. The third-order valence-corrected chi connectivity index (χ3v) is 2.23. The van der Waals surface area contributed by atoms with Crippen LogP contribution in [0.4, 0.5) is 4.79 Å². The zero-order valence-corrected chi connectivity index (χ0v) is 10.1. The molecule has 1 aliphatic heterocycles. The Morgan fingerprint density at radius 1 is 1.40 bits per heavy atom. The van der Waals surface area contributed by atoms with Crippen LogP contribution in [0.2, 0.25) is 0 Å². The van der Waals surface area contributed by atoms with Crippen LogP contribution < -0.4 is 0 Å². The second-order valence-electron chi connectivity index (χ2n) is 5.11. The summed E-state index contributed by atoms with van der Waals surface area (Å²) in [6.07, 6.45) is 1.44. The van der Waals surface area contributed by atoms with Crippen molar-refractivity contribution in [1.82, 2.24) is 4.90 Å². The first-order valence-corrected chi connectivity index (χ1v) is 5.45. The highest BCUT2D eigenvalue weighted by atomic mass is 16.7. The van der Waals surface area contributed by atoms with Gasteiger partial charge in [-0.15, -0.1) is 0 Å². The summed E-state index contributed by atoms with van der Waals surface area (Å²) in [4.78, 5) is 13.5. The Morgan fingerprint density at radius 2 is 2.07 bits per heavy atom. The van der Waals surface area contributed by atoms with Crippen LogP contribution >= 0.6 is 0 Å². The number of hydrogen-bond acceptors (Lipinski definition) is 4. The second-order valence-corrected chi connectivity index (χ2v) is 5.11. The molecule has 0 saturated carbocycles. The number of rotatable bonds is 1. The zero-order chi connectivity index (χ0) is 11.5. The van der Waals surface area contributed by atoms with Gasteiger partial charge in [0, 0.05) is 6.54 Å². The molecule has 4 nitrogen and oxygen atoms in total. The van der Waals surface area contributed by atoms with Crippen molar-refractivity contribution in [2.45, 2.75) is 45.3 Å². The standard InChI is InChI=1S/C11H21NO3/c1-11(2,3)15-10(13)14-9-6-5-7-12(4)8-9/h9H,5-8H2,1-4H3. The zero-order valence-electron chi connectivity index (χ0n) is 10.1. The Kier molecular flexibility index (Phi) is 3.97. The van der Waals surface area contributed by atoms with E-state index in [0.717, 1.165) is 25.9 Å². The van der Waals surface area contributed by atoms with Crippen molar-refractivity contribution in [3.8, 4) is 0 Å². The molecule has 1 saturated heterocycles. The quantitative estimate of drug-likeness (QED) is 0.627. The Morgan fingerprint density at radius 3 is 2.60 bits per heavy atom. The molecule has 0 aromatic heterocycles. The molecule has 1 heterocycles. The van der Waals surface area contributed by atoms with Gasteiger partial charge in [0.2, 0.25) is 0 Å². The maximum absolute atomic E-state index is 11.4. The molecule has 1 rings (SSSR count). The normalized spacial score (nSPS) is 23.6. The molecule has 4 heteroatoms. The van der Waals surface area contributed by atoms with Crippen LogP contribution in [0, 0.1) is 0 Å². The third kappa shape index (κ3) is 5.02. The van der Waals surface area contributed by atoms with Crippen LogP contribution in [0.3, 0.4) is 0 Å². The molecule has 0 spiro atoms. The van der Waals surface area contributed by atoms with Crippen molar-refractivity contribution in [2.24, 2.45) is 0 Å². The van der Waals surface area contributed by atoms with Gasteiger partial charge in [0.15, 0.2) is 0 Å². The third-order valence-electron chi connectivity index (χ3n) is 2.23. The van der Waals surface area contributed by atoms with Crippen LogP contribution in [-0.4, -0.2) is 42.9 Å². The molecule has 1 atom stereocenters. The molecule has 88 valence electrons. The summed E-state index contributed by atoms with van der Waals surface area (Å²) in [6, 6.07) is 0. The van der Waals surface area contributed by atoms with Crippen molar-refractivity contribution in [1.29, 1.82) is 0 Å². The summed E-state index contributed by atoms with van der Waals surface area (Å²) < 4.78 is 10.3. The highest BCUT2D eigenvalue weighted by Gasteiger charge is 2.24. The molecule has 1 fully saturated rings. The van der Waals surface area contributed by atoms with Crippen LogP contribution in [0.5, 0.6) is 0 Å². The number of nitrogens with zero attached hydrogens (tertiary/aromatic N) is 1. The lowest BCUT2D eigenvalue weighted by Crippen LogP contribution is -2.39. The van der Waals surface area contributed by atoms with E-state index in [1.54, 1.807) is 0 Å². The maximum Gasteiger partial charge on any atom is 0.509 e. The van der Waals surface area contributed by atoms with Gasteiger partial charge in [-0.2, -0.15) is 0 Å². The Bertz CT molecular complexity index is 222. The molecule has 1 unspecified atom stereocenters. The summed E-state index contributed by atoms with van der Waals surface area (Å²) in [5.41, 5.74) is -0.475. The average molecular weight is 215 g/mol. The summed E-state index contributed by atoms with van der Waals surface area (Å²) in [5, 5.41) is 0. The number of likely N-dealkylation sites (N-methyl/N-ethyl adjacent to an activating group) is 1. The Hall–Kier alpha value is -0.770. The van der Waals surface area contributed by atoms with Crippen molar-refractivity contribution in [2.75, 3.05) is 20.1 Å². The highest BCUT2D eigenvalue weighted by molar-refractivity contribution is 5.60. The lowest BCUT2D eigenvalue weighted by atomic mass is 10.1. The van der Waals surface area contributed by atoms with Gasteiger partial charge in [0.25, 0.3) is 0 Å². The Balaban J connectivity index is 2.31. The van der Waals surface area contributed by atoms with Gasteiger partial charge in [-0.3, -0.25) is 0 Å². The first kappa shape index (κ1) is 12.3. The lowest BCUT2D eigenvalue weighted by Gasteiger charge is -2.30. The van der Waals surface area contributed by atoms with Gasteiger partial charge in [-0.1, -0.05) is 0 Å². The number of carbonyl (C=O) groups is 1. The minimum atomic E-state index is -0.553. The van der Waals surface area contributed by atoms with E-state index in [1.165, 1.54) is 0 Å². The van der Waals surface area contributed by atoms with Crippen LogP contribution in [0.15, 0.2) is 0 Å². The maximum atomic E-state index is 11.4. The van der Waals surface area contributed by atoms with E-state index in [1.807, 2.05) is 27.8 Å². The van der Waals surface area contributed by atoms with E-state index in [4.69, 9.17) is 9.47 Å². The highest BCUT2D eigenvalue weighted by Crippen LogP contribution is 2.14. The summed E-state index contributed by atoms with van der Waals surface area (Å²) in [6.45, 7) is 7.39. The number of hydrogen-bond donors (Lipinski definition) is 0. The van der Waals surface area contributed by atoms with E-state index in [2.05, 4.69) is 4.90 Å². The fourth-order valence-corrected chi connectivity index (χ4v) is 1.63. The van der Waals surface area contributed by atoms with Crippen molar-refractivity contribution in [3.05, 3.63) is 0 Å². The fourth-order valence-electron chi connectivity index (χ4n) is 1.63. The van der Waals surface area contributed by atoms with Gasteiger partial charge in [-0.05, 0) is 47.2 Å². The summed E-state index contributed by atoms with van der Waals surface area (Å²) in [7, 11) is 2.03. The summed E-state index contributed by atoms with van der Waals surface area (Å²) in [5.74, 6) is 0. The van der Waals surface area contributed by atoms with E-state index in [0.29, 0.717) is 0 Å². The molecule has 15 heavy (non-hydrogen) atoms. The number of ether oxygens (including phenoxy) is 2. The van der Waals surface area contributed by atoms with Gasteiger partial charge >= 0.3 is 6.16 Å². The van der Waals surface area contributed by atoms with E-state index in [-0.39, 0.29) is 6.10 Å². The van der Waals surface area contributed by atoms with E-state index in [9.17, 15) is 4.79 Å². The summed E-state index contributed by atoms with van der Waals surface area (Å²) >= 11 is 0. The topological polar surface area (TPSA) is 38.8 Å². The molecule has 0 amide bonds. The van der Waals surface area contributed by atoms with Crippen LogP contribution in [-0.2, 0) is 9.47 Å². The minimum absolute atomic E-state index is 0.0152. The van der Waals surface area contributed by atoms with Crippen LogP contribution in [0.25, 0.3) is 0 Å².